The van der Waals surface area contributed by atoms with Gasteiger partial charge in [0.1, 0.15) is 23.7 Å². The highest BCUT2D eigenvalue weighted by Gasteiger charge is 2.10. The van der Waals surface area contributed by atoms with E-state index in [2.05, 4.69) is 16.9 Å². The molecule has 0 aliphatic heterocycles. The molecule has 0 saturated carbocycles. The number of benzene rings is 1. The fourth-order valence-electron chi connectivity index (χ4n) is 1.85. The van der Waals surface area contributed by atoms with Gasteiger partial charge >= 0.3 is 0 Å². The first kappa shape index (κ1) is 17.5. The van der Waals surface area contributed by atoms with Crippen LogP contribution in [0.2, 0.25) is 0 Å². The summed E-state index contributed by atoms with van der Waals surface area (Å²) < 4.78 is 18.9. The van der Waals surface area contributed by atoms with Crippen molar-refractivity contribution in [1.82, 2.24) is 5.32 Å². The van der Waals surface area contributed by atoms with Crippen LogP contribution in [0.1, 0.15) is 18.2 Å². The summed E-state index contributed by atoms with van der Waals surface area (Å²) >= 11 is 0. The quantitative estimate of drug-likeness (QED) is 0.356. The van der Waals surface area contributed by atoms with Gasteiger partial charge in [-0.3, -0.25) is 0 Å². The standard InChI is InChI=1S/C15H18FN3O.HI/c1-9(2)7-18-15(17)19-8-14-10(3)12-6-11(16)4-5-13(12)20-14;/h4-6H,1,7-8H2,2-3H3,(H3,17,18,19);1H. The van der Waals surface area contributed by atoms with Crippen LogP contribution in [-0.4, -0.2) is 12.5 Å². The maximum atomic E-state index is 13.2. The van der Waals surface area contributed by atoms with Crippen LogP contribution in [0.25, 0.3) is 11.0 Å². The van der Waals surface area contributed by atoms with Crippen LogP contribution in [0.4, 0.5) is 4.39 Å². The molecule has 0 unspecified atom stereocenters. The SMILES string of the molecule is C=C(C)CNC(N)=NCc1oc2ccc(F)cc2c1C.I. The Morgan fingerprint density at radius 2 is 2.19 bits per heavy atom. The molecule has 0 fully saturated rings. The number of hydrogen-bond donors (Lipinski definition) is 2. The van der Waals surface area contributed by atoms with Gasteiger partial charge in [-0.05, 0) is 32.0 Å². The summed E-state index contributed by atoms with van der Waals surface area (Å²) in [7, 11) is 0. The average molecular weight is 403 g/mol. The lowest BCUT2D eigenvalue weighted by molar-refractivity contribution is 0.547. The Bertz CT molecular complexity index is 679. The first-order valence-corrected chi connectivity index (χ1v) is 6.33. The third-order valence-electron chi connectivity index (χ3n) is 2.96. The molecular weight excluding hydrogens is 384 g/mol. The van der Waals surface area contributed by atoms with Crippen molar-refractivity contribution in [1.29, 1.82) is 0 Å². The lowest BCUT2D eigenvalue weighted by Crippen LogP contribution is -2.32. The van der Waals surface area contributed by atoms with E-state index >= 15 is 0 Å². The number of guanidine groups is 1. The third-order valence-corrected chi connectivity index (χ3v) is 2.96. The molecule has 0 aliphatic carbocycles. The van der Waals surface area contributed by atoms with Crippen LogP contribution >= 0.6 is 24.0 Å². The molecule has 2 aromatic rings. The number of halogens is 2. The minimum atomic E-state index is -0.279. The number of aryl methyl sites for hydroxylation is 1. The van der Waals surface area contributed by atoms with Gasteiger partial charge in [-0.25, -0.2) is 9.38 Å². The number of rotatable bonds is 4. The van der Waals surface area contributed by atoms with E-state index in [9.17, 15) is 4.39 Å². The Kier molecular flexibility index (Phi) is 6.19. The Morgan fingerprint density at radius 1 is 1.48 bits per heavy atom. The fraction of sp³-hybridized carbons (Fsp3) is 0.267. The zero-order valence-electron chi connectivity index (χ0n) is 12.1. The van der Waals surface area contributed by atoms with E-state index in [-0.39, 0.29) is 29.8 Å². The van der Waals surface area contributed by atoms with Gasteiger partial charge in [0.25, 0.3) is 0 Å². The second kappa shape index (κ2) is 7.44. The summed E-state index contributed by atoms with van der Waals surface area (Å²) in [6.07, 6.45) is 0. The number of furan rings is 1. The van der Waals surface area contributed by atoms with Crippen LogP contribution in [0.3, 0.4) is 0 Å². The number of aliphatic imine (C=N–C) groups is 1. The Hall–Kier alpha value is -1.57. The van der Waals surface area contributed by atoms with E-state index < -0.39 is 0 Å². The summed E-state index contributed by atoms with van der Waals surface area (Å²) in [6.45, 7) is 8.45. The predicted octanol–water partition coefficient (Wildman–Crippen LogP) is 3.48. The van der Waals surface area contributed by atoms with Crippen molar-refractivity contribution in [2.75, 3.05) is 6.54 Å². The zero-order valence-corrected chi connectivity index (χ0v) is 14.4. The maximum absolute atomic E-state index is 13.2. The van der Waals surface area contributed by atoms with Crippen molar-refractivity contribution in [2.45, 2.75) is 20.4 Å². The first-order valence-electron chi connectivity index (χ1n) is 6.33. The van der Waals surface area contributed by atoms with Gasteiger partial charge in [0.05, 0.1) is 0 Å². The highest BCUT2D eigenvalue weighted by molar-refractivity contribution is 14.0. The Morgan fingerprint density at radius 3 is 2.86 bits per heavy atom. The first-order chi connectivity index (χ1) is 9.47. The van der Waals surface area contributed by atoms with Crippen molar-refractivity contribution in [3.63, 3.8) is 0 Å². The maximum Gasteiger partial charge on any atom is 0.189 e. The molecule has 21 heavy (non-hydrogen) atoms. The molecule has 0 atom stereocenters. The molecule has 0 spiro atoms. The minimum Gasteiger partial charge on any atom is -0.459 e. The Labute approximate surface area is 140 Å². The van der Waals surface area contributed by atoms with E-state index in [0.29, 0.717) is 30.4 Å². The Balaban J connectivity index is 0.00000220. The molecular formula is C15H19FIN3O. The summed E-state index contributed by atoms with van der Waals surface area (Å²) in [4.78, 5) is 4.20. The monoisotopic (exact) mass is 403 g/mol. The summed E-state index contributed by atoms with van der Waals surface area (Å²) in [5.41, 5.74) is 8.25. The minimum absolute atomic E-state index is 0. The van der Waals surface area contributed by atoms with Crippen LogP contribution in [0.15, 0.2) is 39.8 Å². The largest absolute Gasteiger partial charge is 0.459 e. The van der Waals surface area contributed by atoms with Crippen molar-refractivity contribution in [3.8, 4) is 0 Å². The van der Waals surface area contributed by atoms with Crippen molar-refractivity contribution >= 4 is 40.9 Å². The van der Waals surface area contributed by atoms with Gasteiger partial charge in [0.2, 0.25) is 0 Å². The molecule has 1 heterocycles. The van der Waals surface area contributed by atoms with E-state index in [1.54, 1.807) is 6.07 Å². The van der Waals surface area contributed by atoms with Gasteiger partial charge in [-0.1, -0.05) is 12.2 Å². The number of hydrogen-bond acceptors (Lipinski definition) is 2. The van der Waals surface area contributed by atoms with Crippen LogP contribution in [-0.2, 0) is 6.54 Å². The van der Waals surface area contributed by atoms with Crippen LogP contribution in [0.5, 0.6) is 0 Å². The number of nitrogens with zero attached hydrogens (tertiary/aromatic N) is 1. The highest BCUT2D eigenvalue weighted by atomic mass is 127. The van der Waals surface area contributed by atoms with E-state index in [4.69, 9.17) is 10.2 Å². The molecule has 6 heteroatoms. The smallest absolute Gasteiger partial charge is 0.189 e. The molecule has 0 amide bonds. The summed E-state index contributed by atoms with van der Waals surface area (Å²) in [5.74, 6) is 0.740. The number of fused-ring (bicyclic) bond motifs is 1. The molecule has 114 valence electrons. The highest BCUT2D eigenvalue weighted by Crippen LogP contribution is 2.26. The fourth-order valence-corrected chi connectivity index (χ4v) is 1.85. The molecule has 0 radical (unpaired) electrons. The van der Waals surface area contributed by atoms with Crippen LogP contribution < -0.4 is 11.1 Å². The average Bonchev–Trinajstić information content (AvgIpc) is 2.71. The third kappa shape index (κ3) is 4.45. The van der Waals surface area contributed by atoms with E-state index in [1.165, 1.54) is 12.1 Å². The van der Waals surface area contributed by atoms with Crippen molar-refractivity contribution < 1.29 is 8.81 Å². The van der Waals surface area contributed by atoms with Crippen molar-refractivity contribution in [3.05, 3.63) is 47.5 Å². The van der Waals surface area contributed by atoms with Gasteiger partial charge in [-0.15, -0.1) is 24.0 Å². The predicted molar refractivity (Wildman–Crippen MR) is 94.5 cm³/mol. The van der Waals surface area contributed by atoms with Gasteiger partial charge in [0, 0.05) is 17.5 Å². The topological polar surface area (TPSA) is 63.5 Å². The van der Waals surface area contributed by atoms with Crippen LogP contribution in [0, 0.1) is 12.7 Å². The van der Waals surface area contributed by atoms with Gasteiger partial charge in [0.15, 0.2) is 5.96 Å². The lowest BCUT2D eigenvalue weighted by Gasteiger charge is -2.04. The molecule has 1 aromatic carbocycles. The van der Waals surface area contributed by atoms with E-state index in [0.717, 1.165) is 16.5 Å². The lowest BCUT2D eigenvalue weighted by atomic mass is 10.1. The van der Waals surface area contributed by atoms with Gasteiger partial charge in [-0.2, -0.15) is 0 Å². The molecule has 4 nitrogen and oxygen atoms in total. The molecule has 2 rings (SSSR count). The molecule has 3 N–H and O–H groups in total. The van der Waals surface area contributed by atoms with Gasteiger partial charge < -0.3 is 15.5 Å². The zero-order chi connectivity index (χ0) is 14.7. The number of nitrogens with one attached hydrogen (secondary N) is 1. The molecule has 0 saturated heterocycles. The molecule has 1 aromatic heterocycles. The summed E-state index contributed by atoms with van der Waals surface area (Å²) in [6, 6.07) is 4.46. The van der Waals surface area contributed by atoms with E-state index in [1.807, 2.05) is 13.8 Å². The number of nitrogens with two attached hydrogens (primary N) is 1. The second-order valence-corrected chi connectivity index (χ2v) is 4.80. The molecule has 0 aliphatic rings. The normalized spacial score (nSPS) is 11.3. The second-order valence-electron chi connectivity index (χ2n) is 4.80. The molecule has 0 bridgehead atoms. The summed E-state index contributed by atoms with van der Waals surface area (Å²) in [5, 5.41) is 3.71. The van der Waals surface area contributed by atoms with Crippen molar-refractivity contribution in [2.24, 2.45) is 10.7 Å².